The number of rotatable bonds is 3. The zero-order chi connectivity index (χ0) is 10.9. The van der Waals surface area contributed by atoms with Crippen LogP contribution >= 0.6 is 0 Å². The van der Waals surface area contributed by atoms with Crippen molar-refractivity contribution in [2.45, 2.75) is 31.6 Å². The first-order valence-electron chi connectivity index (χ1n) is 3.78. The Morgan fingerprint density at radius 2 is 1.85 bits per heavy atom. The van der Waals surface area contributed by atoms with E-state index in [0.29, 0.717) is 0 Å². The highest BCUT2D eigenvalue weighted by Crippen LogP contribution is 2.16. The highest BCUT2D eigenvalue weighted by molar-refractivity contribution is 7.92. The van der Waals surface area contributed by atoms with E-state index >= 15 is 0 Å². The molecule has 5 nitrogen and oxygen atoms in total. The Morgan fingerprint density at radius 1 is 1.46 bits per heavy atom. The van der Waals surface area contributed by atoms with E-state index in [1.165, 1.54) is 20.8 Å². The lowest BCUT2D eigenvalue weighted by atomic mass is 10.3. The van der Waals surface area contributed by atoms with Crippen LogP contribution in [0.4, 0.5) is 0 Å². The van der Waals surface area contributed by atoms with Crippen LogP contribution in [0.3, 0.4) is 0 Å². The van der Waals surface area contributed by atoms with E-state index < -0.39 is 32.3 Å². The topological polar surface area (TPSA) is 97.5 Å². The fraction of sp³-hybridized carbons (Fsp3) is 0.857. The molecular weight excluding hydrogens is 194 g/mol. The molecule has 0 aliphatic carbocycles. The van der Waals surface area contributed by atoms with Gasteiger partial charge in [-0.3, -0.25) is 4.79 Å². The van der Waals surface area contributed by atoms with Gasteiger partial charge in [0.2, 0.25) is 0 Å². The third-order valence-corrected chi connectivity index (χ3v) is 4.31. The molecule has 0 amide bonds. The predicted molar refractivity (Wildman–Crippen MR) is 49.2 cm³/mol. The van der Waals surface area contributed by atoms with Crippen LogP contribution in [0.2, 0.25) is 0 Å². The maximum absolute atomic E-state index is 11.4. The lowest BCUT2D eigenvalue weighted by Gasteiger charge is -2.20. The monoisotopic (exact) mass is 209 g/mol. The minimum Gasteiger partial charge on any atom is -0.480 e. The number of carbonyl (C=O) groups is 1. The summed E-state index contributed by atoms with van der Waals surface area (Å²) < 4.78 is 21.9. The Balaban J connectivity index is 4.64. The van der Waals surface area contributed by atoms with Gasteiger partial charge >= 0.3 is 5.97 Å². The van der Waals surface area contributed by atoms with Gasteiger partial charge in [-0.05, 0) is 20.8 Å². The van der Waals surface area contributed by atoms with Gasteiger partial charge < -0.3 is 10.8 Å². The largest absolute Gasteiger partial charge is 0.480 e. The summed E-state index contributed by atoms with van der Waals surface area (Å²) in [6.45, 7) is 4.53. The van der Waals surface area contributed by atoms with Crippen LogP contribution in [0.25, 0.3) is 0 Å². The standard InChI is InChI=1S/C7H15NO4S/c1-7(2,3)13(11,12)4-5(8)6(9)10/h5H,4,8H2,1-3H3,(H,9,10). The molecule has 0 aliphatic rings. The van der Waals surface area contributed by atoms with Crippen LogP contribution < -0.4 is 5.73 Å². The second kappa shape index (κ2) is 3.63. The number of hydrogen-bond acceptors (Lipinski definition) is 4. The Hall–Kier alpha value is -0.620. The molecule has 1 unspecified atom stereocenters. The fourth-order valence-corrected chi connectivity index (χ4v) is 1.67. The molecule has 0 aromatic rings. The Bertz CT molecular complexity index is 288. The van der Waals surface area contributed by atoms with Crippen molar-refractivity contribution < 1.29 is 18.3 Å². The van der Waals surface area contributed by atoms with Gasteiger partial charge in [0.1, 0.15) is 6.04 Å². The second-order valence-electron chi connectivity index (χ2n) is 3.84. The average molecular weight is 209 g/mol. The van der Waals surface area contributed by atoms with E-state index in [1.54, 1.807) is 0 Å². The van der Waals surface area contributed by atoms with Crippen LogP contribution in [-0.4, -0.2) is 36.0 Å². The molecule has 3 N–H and O–H groups in total. The summed E-state index contributed by atoms with van der Waals surface area (Å²) in [7, 11) is -3.45. The molecule has 0 bridgehead atoms. The summed E-state index contributed by atoms with van der Waals surface area (Å²) in [5, 5.41) is 8.42. The van der Waals surface area contributed by atoms with Gasteiger partial charge in [0, 0.05) is 0 Å². The molecule has 0 radical (unpaired) electrons. The maximum atomic E-state index is 11.4. The molecule has 13 heavy (non-hydrogen) atoms. The van der Waals surface area contributed by atoms with E-state index in [2.05, 4.69) is 0 Å². The normalized spacial score (nSPS) is 15.4. The summed E-state index contributed by atoms with van der Waals surface area (Å²) >= 11 is 0. The highest BCUT2D eigenvalue weighted by atomic mass is 32.2. The molecule has 0 aromatic carbocycles. The molecule has 0 heterocycles. The summed E-state index contributed by atoms with van der Waals surface area (Å²) in [5.74, 6) is -1.82. The van der Waals surface area contributed by atoms with Crippen LogP contribution in [0.5, 0.6) is 0 Å². The first-order chi connectivity index (χ1) is 5.58. The molecule has 0 fully saturated rings. The Labute approximate surface area is 77.8 Å². The zero-order valence-electron chi connectivity index (χ0n) is 7.94. The minimum atomic E-state index is -3.45. The molecule has 78 valence electrons. The van der Waals surface area contributed by atoms with Crippen molar-refractivity contribution in [3.63, 3.8) is 0 Å². The van der Waals surface area contributed by atoms with Crippen LogP contribution in [0.15, 0.2) is 0 Å². The molecule has 0 saturated heterocycles. The van der Waals surface area contributed by atoms with Gasteiger partial charge in [-0.15, -0.1) is 0 Å². The van der Waals surface area contributed by atoms with E-state index in [9.17, 15) is 13.2 Å². The SMILES string of the molecule is CC(C)(C)S(=O)(=O)CC(N)C(=O)O. The quantitative estimate of drug-likeness (QED) is 0.659. The van der Waals surface area contributed by atoms with Crippen LogP contribution in [0, 0.1) is 0 Å². The molecule has 0 aromatic heterocycles. The van der Waals surface area contributed by atoms with Crippen molar-refractivity contribution in [1.82, 2.24) is 0 Å². The Kier molecular flexibility index (Phi) is 3.46. The van der Waals surface area contributed by atoms with Gasteiger partial charge in [-0.25, -0.2) is 8.42 Å². The van der Waals surface area contributed by atoms with Crippen molar-refractivity contribution in [2.24, 2.45) is 5.73 Å². The first kappa shape index (κ1) is 12.4. The van der Waals surface area contributed by atoms with Crippen LogP contribution in [-0.2, 0) is 14.6 Å². The molecule has 6 heteroatoms. The summed E-state index contributed by atoms with van der Waals surface area (Å²) in [6.07, 6.45) is 0. The molecule has 0 rings (SSSR count). The lowest BCUT2D eigenvalue weighted by molar-refractivity contribution is -0.137. The van der Waals surface area contributed by atoms with Crippen molar-refractivity contribution in [2.75, 3.05) is 5.75 Å². The number of hydrogen-bond donors (Lipinski definition) is 2. The maximum Gasteiger partial charge on any atom is 0.321 e. The Morgan fingerprint density at radius 3 is 2.08 bits per heavy atom. The minimum absolute atomic E-state index is 0.522. The molecule has 0 aliphatic heterocycles. The number of carboxylic acid groups (broad SMARTS) is 1. The summed E-state index contributed by atoms with van der Waals surface area (Å²) in [4.78, 5) is 10.3. The predicted octanol–water partition coefficient (Wildman–Crippen LogP) is -0.388. The van der Waals surface area contributed by atoms with Gasteiger partial charge in [0.25, 0.3) is 0 Å². The van der Waals surface area contributed by atoms with Crippen LogP contribution in [0.1, 0.15) is 20.8 Å². The number of carboxylic acids is 1. The molecule has 0 spiro atoms. The second-order valence-corrected chi connectivity index (χ2v) is 6.63. The third kappa shape index (κ3) is 3.31. The first-order valence-corrected chi connectivity index (χ1v) is 5.44. The lowest BCUT2D eigenvalue weighted by Crippen LogP contribution is -2.42. The van der Waals surface area contributed by atoms with Crippen molar-refractivity contribution >= 4 is 15.8 Å². The fourth-order valence-electron chi connectivity index (χ4n) is 0.558. The summed E-state index contributed by atoms with van der Waals surface area (Å²) in [6, 6.07) is -1.34. The van der Waals surface area contributed by atoms with E-state index in [-0.39, 0.29) is 0 Å². The number of nitrogens with two attached hydrogens (primary N) is 1. The van der Waals surface area contributed by atoms with Crippen molar-refractivity contribution in [3.8, 4) is 0 Å². The smallest absolute Gasteiger partial charge is 0.321 e. The molecule has 1 atom stereocenters. The van der Waals surface area contributed by atoms with E-state index in [4.69, 9.17) is 10.8 Å². The number of aliphatic carboxylic acids is 1. The van der Waals surface area contributed by atoms with Gasteiger partial charge in [0.05, 0.1) is 10.5 Å². The van der Waals surface area contributed by atoms with Gasteiger partial charge in [-0.1, -0.05) is 0 Å². The van der Waals surface area contributed by atoms with Gasteiger partial charge in [0.15, 0.2) is 9.84 Å². The van der Waals surface area contributed by atoms with E-state index in [1.807, 2.05) is 0 Å². The van der Waals surface area contributed by atoms with Gasteiger partial charge in [-0.2, -0.15) is 0 Å². The zero-order valence-corrected chi connectivity index (χ0v) is 8.76. The average Bonchev–Trinajstić information content (AvgIpc) is 1.83. The highest BCUT2D eigenvalue weighted by Gasteiger charge is 2.32. The van der Waals surface area contributed by atoms with E-state index in [0.717, 1.165) is 0 Å². The van der Waals surface area contributed by atoms with Crippen molar-refractivity contribution in [3.05, 3.63) is 0 Å². The number of sulfone groups is 1. The summed E-state index contributed by atoms with van der Waals surface area (Å²) in [5.41, 5.74) is 5.12. The third-order valence-electron chi connectivity index (χ3n) is 1.65. The molecule has 0 saturated carbocycles. The molecular formula is C7H15NO4S. The van der Waals surface area contributed by atoms with Crippen molar-refractivity contribution in [1.29, 1.82) is 0 Å².